The van der Waals surface area contributed by atoms with Crippen molar-refractivity contribution in [2.45, 2.75) is 0 Å². The van der Waals surface area contributed by atoms with Gasteiger partial charge >= 0.3 is 0 Å². The third-order valence-electron chi connectivity index (χ3n) is 1.13. The van der Waals surface area contributed by atoms with Crippen molar-refractivity contribution in [1.82, 2.24) is 4.90 Å². The lowest BCUT2D eigenvalue weighted by molar-refractivity contribution is -0.126. The Balaban J connectivity index is 2.62. The molecule has 0 aromatic carbocycles. The van der Waals surface area contributed by atoms with Gasteiger partial charge in [0.05, 0.1) is 12.3 Å². The second-order valence-electron chi connectivity index (χ2n) is 1.93. The maximum absolute atomic E-state index is 11.0. The molecular formula is C5H5NO2S3. The van der Waals surface area contributed by atoms with E-state index in [-0.39, 0.29) is 17.6 Å². The van der Waals surface area contributed by atoms with Gasteiger partial charge in [0.25, 0.3) is 0 Å². The van der Waals surface area contributed by atoms with Gasteiger partial charge in [-0.25, -0.2) is 0 Å². The van der Waals surface area contributed by atoms with Gasteiger partial charge in [0.2, 0.25) is 11.0 Å². The summed E-state index contributed by atoms with van der Waals surface area (Å²) in [6.07, 6.45) is 0. The van der Waals surface area contributed by atoms with Gasteiger partial charge in [0, 0.05) is 0 Å². The number of thiocarbonyl (C=S) groups is 1. The molecule has 1 fully saturated rings. The minimum Gasteiger partial charge on any atom is -0.289 e. The molecular weight excluding hydrogens is 202 g/mol. The number of amides is 1. The van der Waals surface area contributed by atoms with Crippen molar-refractivity contribution in [2.24, 2.45) is 0 Å². The number of hydrogen-bond donors (Lipinski definition) is 1. The molecule has 0 aromatic heterocycles. The first-order valence-electron chi connectivity index (χ1n) is 2.80. The zero-order chi connectivity index (χ0) is 8.43. The number of carbonyl (C=O) groups is 2. The largest absolute Gasteiger partial charge is 0.289 e. The number of nitrogens with zero attached hydrogens (tertiary/aromatic N) is 1. The van der Waals surface area contributed by atoms with E-state index in [1.54, 1.807) is 0 Å². The fraction of sp³-hybridized carbons (Fsp3) is 0.400. The highest BCUT2D eigenvalue weighted by atomic mass is 32.2. The standard InChI is InChI=1S/C5H5NO2S3/c7-3-2-11-5(10)6(3)1-4(8)9/h1-2H2,(H,8,9). The van der Waals surface area contributed by atoms with E-state index in [9.17, 15) is 9.59 Å². The second kappa shape index (κ2) is 3.55. The quantitative estimate of drug-likeness (QED) is 0.522. The zero-order valence-corrected chi connectivity index (χ0v) is 7.97. The van der Waals surface area contributed by atoms with Crippen LogP contribution in [0.3, 0.4) is 0 Å². The van der Waals surface area contributed by atoms with Crippen molar-refractivity contribution in [3.63, 3.8) is 0 Å². The predicted molar refractivity (Wildman–Crippen MR) is 50.8 cm³/mol. The van der Waals surface area contributed by atoms with Gasteiger partial charge in [-0.05, 0) is 0 Å². The molecule has 0 aromatic rings. The van der Waals surface area contributed by atoms with Gasteiger partial charge in [-0.3, -0.25) is 14.5 Å². The molecule has 6 heteroatoms. The van der Waals surface area contributed by atoms with E-state index in [1.807, 2.05) is 0 Å². The molecule has 0 unspecified atom stereocenters. The molecule has 0 saturated carbocycles. The van der Waals surface area contributed by atoms with E-state index in [0.29, 0.717) is 10.1 Å². The smallest absolute Gasteiger partial charge is 0.238 e. The van der Waals surface area contributed by atoms with E-state index in [1.165, 1.54) is 16.7 Å². The minimum atomic E-state index is -0.344. The summed E-state index contributed by atoms with van der Waals surface area (Å²) < 4.78 is 0.470. The van der Waals surface area contributed by atoms with Crippen LogP contribution in [-0.2, 0) is 9.59 Å². The molecule has 0 atom stereocenters. The Morgan fingerprint density at radius 3 is 2.82 bits per heavy atom. The first-order valence-corrected chi connectivity index (χ1v) is 4.64. The Morgan fingerprint density at radius 1 is 1.82 bits per heavy atom. The van der Waals surface area contributed by atoms with Gasteiger partial charge in [-0.15, -0.1) is 12.6 Å². The number of rotatable bonds is 2. The van der Waals surface area contributed by atoms with Crippen molar-refractivity contribution in [1.29, 1.82) is 0 Å². The summed E-state index contributed by atoms with van der Waals surface area (Å²) in [5.74, 6) is 0.238. The molecule has 3 nitrogen and oxygen atoms in total. The molecule has 0 bridgehead atoms. The third-order valence-corrected chi connectivity index (χ3v) is 2.71. The van der Waals surface area contributed by atoms with Crippen molar-refractivity contribution < 1.29 is 9.59 Å². The van der Waals surface area contributed by atoms with Gasteiger partial charge < -0.3 is 0 Å². The summed E-state index contributed by atoms with van der Waals surface area (Å²) >= 11 is 9.65. The minimum absolute atomic E-state index is 0.00617. The van der Waals surface area contributed by atoms with Gasteiger partial charge in [-0.2, -0.15) is 0 Å². The van der Waals surface area contributed by atoms with Crippen molar-refractivity contribution in [3.8, 4) is 0 Å². The lowest BCUT2D eigenvalue weighted by Crippen LogP contribution is -2.32. The van der Waals surface area contributed by atoms with E-state index >= 15 is 0 Å². The molecule has 1 saturated heterocycles. The Hall–Kier alpha value is -0.0700. The summed E-state index contributed by atoms with van der Waals surface area (Å²) in [6.45, 7) is -0.00617. The molecule has 1 aliphatic heterocycles. The Bertz CT molecular complexity index is 212. The van der Waals surface area contributed by atoms with E-state index in [2.05, 4.69) is 12.6 Å². The number of hydrogen-bond acceptors (Lipinski definition) is 4. The molecule has 60 valence electrons. The molecule has 0 radical (unpaired) electrons. The molecule has 1 heterocycles. The monoisotopic (exact) mass is 207 g/mol. The maximum Gasteiger partial charge on any atom is 0.238 e. The fourth-order valence-electron chi connectivity index (χ4n) is 0.669. The van der Waals surface area contributed by atoms with Crippen LogP contribution in [0.25, 0.3) is 0 Å². The van der Waals surface area contributed by atoms with Crippen molar-refractivity contribution in [3.05, 3.63) is 0 Å². The highest BCUT2D eigenvalue weighted by Crippen LogP contribution is 2.18. The Labute approximate surface area is 78.9 Å². The Kier molecular flexibility index (Phi) is 2.91. The molecule has 0 N–H and O–H groups in total. The molecule has 1 rings (SSSR count). The first-order chi connectivity index (χ1) is 5.11. The van der Waals surface area contributed by atoms with Crippen LogP contribution in [0.1, 0.15) is 0 Å². The molecule has 0 aliphatic carbocycles. The maximum atomic E-state index is 11.0. The molecule has 1 amide bonds. The highest BCUT2D eigenvalue weighted by molar-refractivity contribution is 8.24. The summed E-state index contributed by atoms with van der Waals surface area (Å²) in [4.78, 5) is 22.7. The summed E-state index contributed by atoms with van der Waals surface area (Å²) in [7, 11) is 0. The molecule has 11 heavy (non-hydrogen) atoms. The summed E-state index contributed by atoms with van der Waals surface area (Å²) in [6, 6.07) is 0. The normalized spacial score (nSPS) is 17.7. The lowest BCUT2D eigenvalue weighted by Gasteiger charge is -2.10. The van der Waals surface area contributed by atoms with E-state index in [4.69, 9.17) is 12.2 Å². The highest BCUT2D eigenvalue weighted by Gasteiger charge is 2.27. The van der Waals surface area contributed by atoms with E-state index in [0.717, 1.165) is 0 Å². The third kappa shape index (κ3) is 2.18. The van der Waals surface area contributed by atoms with Crippen LogP contribution >= 0.6 is 36.6 Å². The number of thiol groups is 1. The zero-order valence-electron chi connectivity index (χ0n) is 5.44. The lowest BCUT2D eigenvalue weighted by atomic mass is 10.5. The van der Waals surface area contributed by atoms with Crippen LogP contribution in [0.15, 0.2) is 0 Å². The SMILES string of the molecule is O=C(S)CN1C(=O)CSC1=S. The summed E-state index contributed by atoms with van der Waals surface area (Å²) in [5.41, 5.74) is 0. The van der Waals surface area contributed by atoms with Crippen LogP contribution in [-0.4, -0.2) is 32.5 Å². The van der Waals surface area contributed by atoms with Crippen LogP contribution in [0.5, 0.6) is 0 Å². The van der Waals surface area contributed by atoms with Gasteiger partial charge in [-0.1, -0.05) is 24.0 Å². The van der Waals surface area contributed by atoms with Crippen molar-refractivity contribution in [2.75, 3.05) is 12.3 Å². The molecule has 1 aliphatic rings. The predicted octanol–water partition coefficient (Wildman–Crippen LogP) is 0.303. The van der Waals surface area contributed by atoms with Crippen molar-refractivity contribution >= 4 is 52.0 Å². The number of carbonyl (C=O) groups excluding carboxylic acids is 2. The van der Waals surface area contributed by atoms with Crippen LogP contribution in [0.2, 0.25) is 0 Å². The van der Waals surface area contributed by atoms with E-state index < -0.39 is 0 Å². The molecule has 0 spiro atoms. The van der Waals surface area contributed by atoms with Crippen LogP contribution in [0.4, 0.5) is 0 Å². The summed E-state index contributed by atoms with van der Waals surface area (Å²) in [5, 5.41) is -0.344. The first kappa shape index (κ1) is 9.02. The van der Waals surface area contributed by atoms with Gasteiger partial charge in [0.1, 0.15) is 4.32 Å². The Morgan fingerprint density at radius 2 is 2.45 bits per heavy atom. The topological polar surface area (TPSA) is 37.4 Å². The van der Waals surface area contributed by atoms with Crippen LogP contribution in [0, 0.1) is 0 Å². The average Bonchev–Trinajstić information content (AvgIpc) is 2.18. The number of thioether (sulfide) groups is 1. The van der Waals surface area contributed by atoms with Gasteiger partial charge in [0.15, 0.2) is 0 Å². The second-order valence-corrected chi connectivity index (χ2v) is 4.04. The fourth-order valence-corrected chi connectivity index (χ4v) is 1.88. The van der Waals surface area contributed by atoms with Crippen LogP contribution < -0.4 is 0 Å². The average molecular weight is 207 g/mol.